The molecule has 1 fully saturated rings. The van der Waals surface area contributed by atoms with Crippen molar-refractivity contribution in [2.24, 2.45) is 0 Å². The lowest BCUT2D eigenvalue weighted by Crippen LogP contribution is -2.44. The minimum Gasteiger partial charge on any atom is -0.508 e. The maximum Gasteiger partial charge on any atom is 0.224 e. The van der Waals surface area contributed by atoms with Gasteiger partial charge in [-0.25, -0.2) is 0 Å². The summed E-state index contributed by atoms with van der Waals surface area (Å²) in [7, 11) is 0. The van der Waals surface area contributed by atoms with Crippen molar-refractivity contribution in [3.63, 3.8) is 0 Å². The molecule has 0 aromatic heterocycles. The number of phenols is 1. The predicted octanol–water partition coefficient (Wildman–Crippen LogP) is 1.75. The summed E-state index contributed by atoms with van der Waals surface area (Å²) in [4.78, 5) is 11.8. The number of carbonyl (C=O) groups excluding carboxylic acids is 1. The third-order valence-electron chi connectivity index (χ3n) is 3.70. The van der Waals surface area contributed by atoms with Crippen LogP contribution in [0.4, 0.5) is 0 Å². The summed E-state index contributed by atoms with van der Waals surface area (Å²) in [5.41, 5.74) is 0.133. The van der Waals surface area contributed by atoms with Gasteiger partial charge in [0.15, 0.2) is 0 Å². The summed E-state index contributed by atoms with van der Waals surface area (Å²) in [6.07, 6.45) is 5.05. The van der Waals surface area contributed by atoms with Crippen LogP contribution in [0.5, 0.6) is 5.75 Å². The Morgan fingerprint density at radius 3 is 2.42 bits per heavy atom. The Hall–Kier alpha value is -1.55. The second-order valence-corrected chi connectivity index (χ2v) is 5.40. The largest absolute Gasteiger partial charge is 0.508 e. The molecule has 4 heteroatoms. The molecule has 1 aromatic rings. The van der Waals surface area contributed by atoms with Crippen molar-refractivity contribution in [2.45, 2.75) is 44.1 Å². The molecule has 1 amide bonds. The molecule has 1 aromatic carbocycles. The molecule has 4 nitrogen and oxygen atoms in total. The average molecular weight is 263 g/mol. The highest BCUT2D eigenvalue weighted by Crippen LogP contribution is 2.27. The first-order chi connectivity index (χ1) is 9.07. The van der Waals surface area contributed by atoms with E-state index in [4.69, 9.17) is 5.11 Å². The number of nitrogens with one attached hydrogen (secondary N) is 1. The van der Waals surface area contributed by atoms with E-state index < -0.39 is 5.60 Å². The molecule has 1 aliphatic rings. The van der Waals surface area contributed by atoms with Gasteiger partial charge in [-0.2, -0.15) is 0 Å². The number of hydrogen-bond acceptors (Lipinski definition) is 3. The summed E-state index contributed by atoms with van der Waals surface area (Å²) in [5, 5.41) is 22.2. The summed E-state index contributed by atoms with van der Waals surface area (Å²) in [6.45, 7) is 0.337. The monoisotopic (exact) mass is 263 g/mol. The predicted molar refractivity (Wildman–Crippen MR) is 72.9 cm³/mol. The average Bonchev–Trinajstić information content (AvgIpc) is 2.40. The molecule has 0 spiro atoms. The van der Waals surface area contributed by atoms with Gasteiger partial charge in [-0.1, -0.05) is 31.4 Å². The smallest absolute Gasteiger partial charge is 0.224 e. The fourth-order valence-electron chi connectivity index (χ4n) is 2.51. The normalized spacial score (nSPS) is 17.9. The molecule has 0 heterocycles. The molecular weight excluding hydrogens is 242 g/mol. The summed E-state index contributed by atoms with van der Waals surface area (Å²) >= 11 is 0. The van der Waals surface area contributed by atoms with Crippen molar-refractivity contribution in [1.29, 1.82) is 0 Å². The highest BCUT2D eigenvalue weighted by Gasteiger charge is 2.29. The number of aliphatic hydroxyl groups is 1. The van der Waals surface area contributed by atoms with Crippen LogP contribution in [0.15, 0.2) is 24.3 Å². The molecule has 0 bridgehead atoms. The van der Waals surface area contributed by atoms with Gasteiger partial charge in [0.2, 0.25) is 5.91 Å². The van der Waals surface area contributed by atoms with Gasteiger partial charge < -0.3 is 15.5 Å². The fourth-order valence-corrected chi connectivity index (χ4v) is 2.51. The zero-order valence-corrected chi connectivity index (χ0v) is 11.1. The Morgan fingerprint density at radius 1 is 1.16 bits per heavy atom. The highest BCUT2D eigenvalue weighted by molar-refractivity contribution is 5.78. The van der Waals surface area contributed by atoms with Crippen LogP contribution in [0.2, 0.25) is 0 Å². The molecule has 0 saturated heterocycles. The number of benzene rings is 1. The minimum absolute atomic E-state index is 0.0929. The van der Waals surface area contributed by atoms with Crippen LogP contribution in [-0.2, 0) is 11.2 Å². The maximum absolute atomic E-state index is 11.8. The van der Waals surface area contributed by atoms with E-state index in [9.17, 15) is 9.90 Å². The lowest BCUT2D eigenvalue weighted by molar-refractivity contribution is -0.122. The quantitative estimate of drug-likeness (QED) is 0.775. The number of aromatic hydroxyl groups is 1. The first kappa shape index (κ1) is 13.9. The summed E-state index contributed by atoms with van der Waals surface area (Å²) < 4.78 is 0. The Balaban J connectivity index is 1.79. The molecule has 1 aliphatic carbocycles. The van der Waals surface area contributed by atoms with Crippen LogP contribution in [0, 0.1) is 0 Å². The van der Waals surface area contributed by atoms with Crippen LogP contribution < -0.4 is 5.32 Å². The highest BCUT2D eigenvalue weighted by atomic mass is 16.3. The SMILES string of the molecule is O=C(Cc1ccc(O)cc1)NCC1(O)CCCCC1. The molecule has 0 radical (unpaired) electrons. The van der Waals surface area contributed by atoms with Crippen LogP contribution in [0.1, 0.15) is 37.7 Å². The molecule has 19 heavy (non-hydrogen) atoms. The van der Waals surface area contributed by atoms with E-state index in [0.717, 1.165) is 31.2 Å². The number of carbonyl (C=O) groups is 1. The number of amides is 1. The minimum atomic E-state index is -0.719. The molecule has 1 saturated carbocycles. The van der Waals surface area contributed by atoms with Crippen LogP contribution in [0.3, 0.4) is 0 Å². The second kappa shape index (κ2) is 6.06. The third kappa shape index (κ3) is 4.24. The second-order valence-electron chi connectivity index (χ2n) is 5.40. The Labute approximate surface area is 113 Å². The molecule has 2 rings (SSSR count). The Morgan fingerprint density at radius 2 is 1.79 bits per heavy atom. The zero-order valence-electron chi connectivity index (χ0n) is 11.1. The molecule has 0 unspecified atom stereocenters. The van der Waals surface area contributed by atoms with Crippen molar-refractivity contribution in [1.82, 2.24) is 5.32 Å². The van der Waals surface area contributed by atoms with Crippen LogP contribution >= 0.6 is 0 Å². The summed E-state index contributed by atoms with van der Waals surface area (Å²) in [6, 6.07) is 6.59. The maximum atomic E-state index is 11.8. The van der Waals surface area contributed by atoms with E-state index in [-0.39, 0.29) is 18.1 Å². The van der Waals surface area contributed by atoms with Gasteiger partial charge in [-0.05, 0) is 30.5 Å². The molecule has 3 N–H and O–H groups in total. The van der Waals surface area contributed by atoms with E-state index in [1.54, 1.807) is 24.3 Å². The van der Waals surface area contributed by atoms with E-state index in [1.165, 1.54) is 6.42 Å². The van der Waals surface area contributed by atoms with Gasteiger partial charge in [0.25, 0.3) is 0 Å². The van der Waals surface area contributed by atoms with Crippen LogP contribution in [-0.4, -0.2) is 28.3 Å². The van der Waals surface area contributed by atoms with Crippen molar-refractivity contribution in [3.8, 4) is 5.75 Å². The summed E-state index contributed by atoms with van der Waals surface area (Å²) in [5.74, 6) is 0.102. The van der Waals surface area contributed by atoms with Crippen molar-refractivity contribution in [3.05, 3.63) is 29.8 Å². The number of rotatable bonds is 4. The van der Waals surface area contributed by atoms with E-state index >= 15 is 0 Å². The number of hydrogen-bond donors (Lipinski definition) is 3. The van der Waals surface area contributed by atoms with Crippen molar-refractivity contribution >= 4 is 5.91 Å². The Bertz CT molecular complexity index is 422. The van der Waals surface area contributed by atoms with Gasteiger partial charge in [0.05, 0.1) is 12.0 Å². The van der Waals surface area contributed by atoms with E-state index in [0.29, 0.717) is 6.54 Å². The van der Waals surface area contributed by atoms with Gasteiger partial charge >= 0.3 is 0 Å². The third-order valence-corrected chi connectivity index (χ3v) is 3.70. The molecule has 104 valence electrons. The topological polar surface area (TPSA) is 69.6 Å². The first-order valence-electron chi connectivity index (χ1n) is 6.84. The zero-order chi connectivity index (χ0) is 13.7. The van der Waals surface area contributed by atoms with Gasteiger partial charge in [-0.15, -0.1) is 0 Å². The lowest BCUT2D eigenvalue weighted by atomic mass is 9.85. The van der Waals surface area contributed by atoms with Crippen LogP contribution in [0.25, 0.3) is 0 Å². The van der Waals surface area contributed by atoms with Crippen molar-refractivity contribution < 1.29 is 15.0 Å². The Kier molecular flexibility index (Phi) is 4.43. The first-order valence-corrected chi connectivity index (χ1v) is 6.84. The van der Waals surface area contributed by atoms with Gasteiger partial charge in [-0.3, -0.25) is 4.79 Å². The standard InChI is InChI=1S/C15H21NO3/c17-13-6-4-12(5-7-13)10-14(18)16-11-15(19)8-2-1-3-9-15/h4-7,17,19H,1-3,8-11H2,(H,16,18). The lowest BCUT2D eigenvalue weighted by Gasteiger charge is -2.32. The fraction of sp³-hybridized carbons (Fsp3) is 0.533. The van der Waals surface area contributed by atoms with E-state index in [2.05, 4.69) is 5.32 Å². The number of phenolic OH excluding ortho intramolecular Hbond substituents is 1. The van der Waals surface area contributed by atoms with Gasteiger partial charge in [0.1, 0.15) is 5.75 Å². The molecule has 0 atom stereocenters. The molecular formula is C15H21NO3. The van der Waals surface area contributed by atoms with Gasteiger partial charge in [0, 0.05) is 6.54 Å². The van der Waals surface area contributed by atoms with E-state index in [1.807, 2.05) is 0 Å². The van der Waals surface area contributed by atoms with Crippen molar-refractivity contribution in [2.75, 3.05) is 6.54 Å². The molecule has 0 aliphatic heterocycles.